The van der Waals surface area contributed by atoms with Gasteiger partial charge in [0.05, 0.1) is 12.2 Å². The molecule has 4 rings (SSSR count). The molecule has 1 aliphatic heterocycles. The third-order valence-electron chi connectivity index (χ3n) is 5.36. The number of cyclic esters (lactones) is 1. The minimum absolute atomic E-state index is 0.0740. The number of aromatic nitrogens is 3. The van der Waals surface area contributed by atoms with Crippen LogP contribution in [0, 0.1) is 0 Å². The van der Waals surface area contributed by atoms with E-state index in [1.807, 2.05) is 66.9 Å². The summed E-state index contributed by atoms with van der Waals surface area (Å²) in [6.07, 6.45) is 8.02. The van der Waals surface area contributed by atoms with Crippen LogP contribution < -0.4 is 0 Å². The molecule has 3 aromatic rings. The maximum atomic E-state index is 12.6. The van der Waals surface area contributed by atoms with Gasteiger partial charge in [-0.3, -0.25) is 0 Å². The zero-order valence-electron chi connectivity index (χ0n) is 19.4. The van der Waals surface area contributed by atoms with Crippen LogP contribution in [-0.2, 0) is 45.2 Å². The molecule has 0 spiro atoms. The van der Waals surface area contributed by atoms with E-state index in [2.05, 4.69) is 17.2 Å². The van der Waals surface area contributed by atoms with Crippen molar-refractivity contribution in [2.45, 2.75) is 52.4 Å². The van der Waals surface area contributed by atoms with Crippen molar-refractivity contribution in [1.82, 2.24) is 15.0 Å². The molecule has 0 saturated carbocycles. The van der Waals surface area contributed by atoms with Crippen molar-refractivity contribution in [2.75, 3.05) is 0 Å². The Bertz CT molecular complexity index is 1140. The number of rotatable bonds is 12. The average Bonchev–Trinajstić information content (AvgIpc) is 3.45. The summed E-state index contributed by atoms with van der Waals surface area (Å²) in [4.78, 5) is 12.6. The number of allylic oxidation sites excluding steroid dienone is 1. The van der Waals surface area contributed by atoms with Crippen LogP contribution in [0.1, 0.15) is 43.0 Å². The maximum absolute atomic E-state index is 12.6. The molecule has 1 aromatic heterocycles. The number of unbranched alkanes of at least 4 members (excludes halogenated alkanes) is 2. The van der Waals surface area contributed by atoms with Crippen molar-refractivity contribution in [1.29, 1.82) is 0 Å². The molecule has 0 aliphatic carbocycles. The van der Waals surface area contributed by atoms with E-state index in [4.69, 9.17) is 14.2 Å². The Labute approximate surface area is 199 Å². The van der Waals surface area contributed by atoms with E-state index >= 15 is 0 Å². The van der Waals surface area contributed by atoms with E-state index < -0.39 is 5.97 Å². The molecule has 0 unspecified atom stereocenters. The maximum Gasteiger partial charge on any atom is 0.383 e. The highest BCUT2D eigenvalue weighted by Gasteiger charge is 2.34. The predicted octanol–water partition coefficient (Wildman–Crippen LogP) is 5.10. The molecule has 0 saturated heterocycles. The van der Waals surface area contributed by atoms with Crippen LogP contribution in [0.3, 0.4) is 0 Å². The Morgan fingerprint density at radius 1 is 0.912 bits per heavy atom. The molecule has 7 heteroatoms. The van der Waals surface area contributed by atoms with E-state index in [1.54, 1.807) is 10.8 Å². The first-order valence-electron chi connectivity index (χ1n) is 11.6. The molecule has 176 valence electrons. The molecule has 0 fully saturated rings. The summed E-state index contributed by atoms with van der Waals surface area (Å²) in [7, 11) is 0. The summed E-state index contributed by atoms with van der Waals surface area (Å²) in [5.41, 5.74) is 2.88. The number of benzene rings is 2. The standard InChI is InChI=1S/C27H29N3O4/c1-2-3-6-15-23-18-30(29-28-23)17-16-24-25(32-19-21-11-7-4-8-12-21)26(27(31)34-24)33-20-22-13-9-5-10-14-22/h4-5,7-14,16,18H,2-3,6,15,17,19-20H2,1H3/b24-16-. The Morgan fingerprint density at radius 3 is 2.21 bits per heavy atom. The number of carbonyl (C=O) groups is 1. The van der Waals surface area contributed by atoms with Gasteiger partial charge >= 0.3 is 5.97 Å². The number of esters is 1. The van der Waals surface area contributed by atoms with Crippen LogP contribution in [0.4, 0.5) is 0 Å². The number of hydrogen-bond acceptors (Lipinski definition) is 6. The van der Waals surface area contributed by atoms with E-state index in [0.29, 0.717) is 18.1 Å². The molecule has 1 aliphatic rings. The van der Waals surface area contributed by atoms with Gasteiger partial charge in [0.15, 0.2) is 5.76 Å². The van der Waals surface area contributed by atoms with Gasteiger partial charge in [-0.15, -0.1) is 5.10 Å². The van der Waals surface area contributed by atoms with Gasteiger partial charge in [-0.25, -0.2) is 9.48 Å². The molecular weight excluding hydrogens is 430 g/mol. The van der Waals surface area contributed by atoms with Gasteiger partial charge in [-0.2, -0.15) is 0 Å². The Balaban J connectivity index is 1.49. The summed E-state index contributed by atoms with van der Waals surface area (Å²) in [5.74, 6) is 0.133. The lowest BCUT2D eigenvalue weighted by atomic mass is 10.2. The Morgan fingerprint density at radius 2 is 1.56 bits per heavy atom. The van der Waals surface area contributed by atoms with Gasteiger partial charge in [0.2, 0.25) is 5.76 Å². The largest absolute Gasteiger partial charge is 0.481 e. The highest BCUT2D eigenvalue weighted by atomic mass is 16.6. The van der Waals surface area contributed by atoms with E-state index in [-0.39, 0.29) is 19.0 Å². The second kappa shape index (κ2) is 11.8. The van der Waals surface area contributed by atoms with Gasteiger partial charge in [-0.05, 0) is 30.0 Å². The monoisotopic (exact) mass is 459 g/mol. The first-order chi connectivity index (χ1) is 16.7. The summed E-state index contributed by atoms with van der Waals surface area (Å²) in [6, 6.07) is 19.4. The molecule has 2 aromatic carbocycles. The van der Waals surface area contributed by atoms with Crippen molar-refractivity contribution in [3.63, 3.8) is 0 Å². The highest BCUT2D eigenvalue weighted by molar-refractivity contribution is 5.91. The van der Waals surface area contributed by atoms with Crippen molar-refractivity contribution < 1.29 is 19.0 Å². The molecular formula is C27H29N3O4. The fourth-order valence-corrected chi connectivity index (χ4v) is 3.53. The van der Waals surface area contributed by atoms with E-state index in [9.17, 15) is 4.79 Å². The Kier molecular flexibility index (Phi) is 8.11. The van der Waals surface area contributed by atoms with Crippen LogP contribution >= 0.6 is 0 Å². The lowest BCUT2D eigenvalue weighted by Crippen LogP contribution is -2.04. The first-order valence-corrected chi connectivity index (χ1v) is 11.6. The highest BCUT2D eigenvalue weighted by Crippen LogP contribution is 2.30. The third kappa shape index (κ3) is 6.34. The number of hydrogen-bond donors (Lipinski definition) is 0. The van der Waals surface area contributed by atoms with Crippen molar-refractivity contribution in [3.8, 4) is 0 Å². The summed E-state index contributed by atoms with van der Waals surface area (Å²) in [5, 5.41) is 8.41. The zero-order chi connectivity index (χ0) is 23.6. The SMILES string of the molecule is CCCCCc1cn(C/C=C2\OC(=O)C(OCc3ccccc3)=C2OCc2ccccc2)nn1. The molecule has 0 radical (unpaired) electrons. The minimum Gasteiger partial charge on any atom is -0.481 e. The smallest absolute Gasteiger partial charge is 0.383 e. The minimum atomic E-state index is -0.566. The van der Waals surface area contributed by atoms with Gasteiger partial charge in [0.25, 0.3) is 5.76 Å². The molecule has 2 heterocycles. The van der Waals surface area contributed by atoms with Gasteiger partial charge in [0.1, 0.15) is 13.2 Å². The fraction of sp³-hybridized carbons (Fsp3) is 0.296. The number of aryl methyl sites for hydroxylation is 1. The molecule has 0 amide bonds. The fourth-order valence-electron chi connectivity index (χ4n) is 3.53. The van der Waals surface area contributed by atoms with Gasteiger partial charge in [-0.1, -0.05) is 85.6 Å². The second-order valence-electron chi connectivity index (χ2n) is 8.05. The van der Waals surface area contributed by atoms with Crippen LogP contribution in [0.15, 0.2) is 90.2 Å². The van der Waals surface area contributed by atoms with Crippen LogP contribution in [0.25, 0.3) is 0 Å². The van der Waals surface area contributed by atoms with Crippen LogP contribution in [0.2, 0.25) is 0 Å². The van der Waals surface area contributed by atoms with E-state index in [1.165, 1.54) is 12.8 Å². The summed E-state index contributed by atoms with van der Waals surface area (Å²) in [6.45, 7) is 3.09. The lowest BCUT2D eigenvalue weighted by molar-refractivity contribution is -0.136. The van der Waals surface area contributed by atoms with Crippen molar-refractivity contribution >= 4 is 5.97 Å². The Hall–Kier alpha value is -3.87. The number of carbonyl (C=O) groups excluding carboxylic acids is 1. The second-order valence-corrected chi connectivity index (χ2v) is 8.05. The number of nitrogens with zero attached hydrogens (tertiary/aromatic N) is 3. The summed E-state index contributed by atoms with van der Waals surface area (Å²) < 4.78 is 19.1. The molecule has 0 N–H and O–H groups in total. The average molecular weight is 460 g/mol. The number of ether oxygens (including phenoxy) is 3. The quantitative estimate of drug-likeness (QED) is 0.277. The molecule has 7 nitrogen and oxygen atoms in total. The predicted molar refractivity (Wildman–Crippen MR) is 127 cm³/mol. The molecule has 0 bridgehead atoms. The zero-order valence-corrected chi connectivity index (χ0v) is 19.4. The topological polar surface area (TPSA) is 75.5 Å². The van der Waals surface area contributed by atoms with Gasteiger partial charge < -0.3 is 14.2 Å². The molecule has 0 atom stereocenters. The lowest BCUT2D eigenvalue weighted by Gasteiger charge is -2.10. The molecule has 34 heavy (non-hydrogen) atoms. The van der Waals surface area contributed by atoms with Crippen LogP contribution in [0.5, 0.6) is 0 Å². The van der Waals surface area contributed by atoms with Crippen LogP contribution in [-0.4, -0.2) is 21.0 Å². The van der Waals surface area contributed by atoms with Crippen molar-refractivity contribution in [2.24, 2.45) is 0 Å². The van der Waals surface area contributed by atoms with Gasteiger partial charge in [0, 0.05) is 6.20 Å². The van der Waals surface area contributed by atoms with E-state index in [0.717, 1.165) is 29.7 Å². The normalized spacial score (nSPS) is 14.5. The van der Waals surface area contributed by atoms with Crippen molar-refractivity contribution in [3.05, 3.63) is 107 Å². The first kappa shape index (κ1) is 23.3. The summed E-state index contributed by atoms with van der Waals surface area (Å²) >= 11 is 0. The third-order valence-corrected chi connectivity index (χ3v) is 5.36.